The molecule has 0 bridgehead atoms. The van der Waals surface area contributed by atoms with Crippen molar-refractivity contribution in [2.45, 2.75) is 13.8 Å². The topological polar surface area (TPSA) is 43.1 Å². The number of pyridine rings is 1. The van der Waals surface area contributed by atoms with Crippen molar-refractivity contribution in [3.63, 3.8) is 0 Å². The Balaban J connectivity index is 1.89. The molecule has 0 fully saturated rings. The smallest absolute Gasteiger partial charge is 0.189 e. The lowest BCUT2D eigenvalue weighted by Crippen LogP contribution is -1.96. The predicted molar refractivity (Wildman–Crippen MR) is 83.3 cm³/mol. The lowest BCUT2D eigenvalue weighted by Gasteiger charge is -1.99. The maximum atomic E-state index is 12.2. The van der Waals surface area contributed by atoms with Crippen molar-refractivity contribution in [3.05, 3.63) is 71.3 Å². The summed E-state index contributed by atoms with van der Waals surface area (Å²) in [5.74, 6) is 0.613. The van der Waals surface area contributed by atoms with Crippen LogP contribution in [0.2, 0.25) is 0 Å². The SMILES string of the molecule is Cc1coc(C)c1C(=O)C=Cc1ccc2cccnc2c1. The fourth-order valence-corrected chi connectivity index (χ4v) is 2.38. The molecule has 0 aliphatic carbocycles. The summed E-state index contributed by atoms with van der Waals surface area (Å²) < 4.78 is 5.26. The van der Waals surface area contributed by atoms with Crippen molar-refractivity contribution >= 4 is 22.8 Å². The van der Waals surface area contributed by atoms with Gasteiger partial charge in [-0.3, -0.25) is 9.78 Å². The van der Waals surface area contributed by atoms with Gasteiger partial charge in [0.05, 0.1) is 17.3 Å². The fraction of sp³-hybridized carbons (Fsp3) is 0.111. The number of hydrogen-bond acceptors (Lipinski definition) is 3. The van der Waals surface area contributed by atoms with Gasteiger partial charge < -0.3 is 4.42 Å². The first kappa shape index (κ1) is 13.3. The van der Waals surface area contributed by atoms with E-state index in [1.165, 1.54) is 0 Å². The summed E-state index contributed by atoms with van der Waals surface area (Å²) in [5.41, 5.74) is 3.38. The third-order valence-electron chi connectivity index (χ3n) is 3.46. The summed E-state index contributed by atoms with van der Waals surface area (Å²) in [6.07, 6.45) is 6.76. The van der Waals surface area contributed by atoms with Crippen LogP contribution in [0.5, 0.6) is 0 Å². The molecule has 0 saturated heterocycles. The van der Waals surface area contributed by atoms with Crippen molar-refractivity contribution in [3.8, 4) is 0 Å². The molecule has 0 aliphatic heterocycles. The number of benzene rings is 1. The minimum absolute atomic E-state index is 0.0418. The minimum Gasteiger partial charge on any atom is -0.469 e. The number of allylic oxidation sites excluding steroid dienone is 1. The van der Waals surface area contributed by atoms with E-state index in [1.807, 2.05) is 43.3 Å². The molecule has 0 radical (unpaired) electrons. The first-order valence-electron chi connectivity index (χ1n) is 6.77. The zero-order valence-corrected chi connectivity index (χ0v) is 12.0. The van der Waals surface area contributed by atoms with Crippen molar-refractivity contribution < 1.29 is 9.21 Å². The molecule has 3 nitrogen and oxygen atoms in total. The number of carbonyl (C=O) groups is 1. The van der Waals surface area contributed by atoms with Crippen LogP contribution in [-0.2, 0) is 0 Å². The molecule has 0 aliphatic rings. The second-order valence-corrected chi connectivity index (χ2v) is 5.00. The maximum absolute atomic E-state index is 12.2. The molecule has 0 atom stereocenters. The molecule has 21 heavy (non-hydrogen) atoms. The van der Waals surface area contributed by atoms with Crippen molar-refractivity contribution in [1.29, 1.82) is 0 Å². The van der Waals surface area contributed by atoms with E-state index in [1.54, 1.807) is 25.5 Å². The highest BCUT2D eigenvalue weighted by Crippen LogP contribution is 2.18. The normalized spacial score (nSPS) is 11.3. The Kier molecular flexibility index (Phi) is 3.40. The number of rotatable bonds is 3. The van der Waals surface area contributed by atoms with E-state index in [2.05, 4.69) is 4.98 Å². The number of ketones is 1. The highest BCUT2D eigenvalue weighted by molar-refractivity contribution is 6.08. The first-order valence-corrected chi connectivity index (χ1v) is 6.77. The van der Waals surface area contributed by atoms with E-state index in [0.717, 1.165) is 22.0 Å². The predicted octanol–water partition coefficient (Wildman–Crippen LogP) is 4.34. The van der Waals surface area contributed by atoms with E-state index in [0.29, 0.717) is 11.3 Å². The Hall–Kier alpha value is -2.68. The van der Waals surface area contributed by atoms with Crippen LogP contribution in [0.3, 0.4) is 0 Å². The molecule has 3 aromatic rings. The van der Waals surface area contributed by atoms with Crippen LogP contribution < -0.4 is 0 Å². The summed E-state index contributed by atoms with van der Waals surface area (Å²) >= 11 is 0. The Bertz CT molecular complexity index is 824. The molecule has 104 valence electrons. The van der Waals surface area contributed by atoms with Crippen LogP contribution in [0.4, 0.5) is 0 Å². The Labute approximate surface area is 122 Å². The molecular formula is C18H15NO2. The highest BCUT2D eigenvalue weighted by atomic mass is 16.3. The Morgan fingerprint density at radius 1 is 1.24 bits per heavy atom. The quantitative estimate of drug-likeness (QED) is 0.528. The van der Waals surface area contributed by atoms with E-state index in [9.17, 15) is 4.79 Å². The second kappa shape index (κ2) is 5.37. The number of fused-ring (bicyclic) bond motifs is 1. The zero-order valence-electron chi connectivity index (χ0n) is 12.0. The molecule has 0 N–H and O–H groups in total. The molecule has 2 aromatic heterocycles. The summed E-state index contributed by atoms with van der Waals surface area (Å²) in [5, 5.41) is 1.09. The molecular weight excluding hydrogens is 262 g/mol. The molecule has 3 heteroatoms. The Morgan fingerprint density at radius 2 is 2.10 bits per heavy atom. The van der Waals surface area contributed by atoms with Crippen molar-refractivity contribution in [2.75, 3.05) is 0 Å². The van der Waals surface area contributed by atoms with Gasteiger partial charge >= 0.3 is 0 Å². The van der Waals surface area contributed by atoms with Crippen LogP contribution >= 0.6 is 0 Å². The van der Waals surface area contributed by atoms with Gasteiger partial charge in [-0.25, -0.2) is 0 Å². The standard InChI is InChI=1S/C18H15NO2/c1-12-11-21-13(2)18(12)17(20)8-6-14-5-7-15-4-3-9-19-16(15)10-14/h3-11H,1-2H3. The van der Waals surface area contributed by atoms with Gasteiger partial charge in [0.2, 0.25) is 0 Å². The first-order chi connectivity index (χ1) is 10.1. The third kappa shape index (κ3) is 2.63. The zero-order chi connectivity index (χ0) is 14.8. The van der Waals surface area contributed by atoms with Crippen LogP contribution in [0, 0.1) is 13.8 Å². The fourth-order valence-electron chi connectivity index (χ4n) is 2.38. The maximum Gasteiger partial charge on any atom is 0.189 e. The molecule has 0 saturated carbocycles. The van der Waals surface area contributed by atoms with Gasteiger partial charge in [-0.05, 0) is 43.2 Å². The van der Waals surface area contributed by atoms with Gasteiger partial charge in [0, 0.05) is 11.6 Å². The number of nitrogens with zero attached hydrogens (tertiary/aromatic N) is 1. The van der Waals surface area contributed by atoms with Crippen LogP contribution in [0.1, 0.15) is 27.2 Å². The van der Waals surface area contributed by atoms with Gasteiger partial charge in [-0.1, -0.05) is 24.3 Å². The van der Waals surface area contributed by atoms with Gasteiger partial charge in [0.25, 0.3) is 0 Å². The van der Waals surface area contributed by atoms with E-state index in [-0.39, 0.29) is 5.78 Å². The van der Waals surface area contributed by atoms with E-state index >= 15 is 0 Å². The summed E-state index contributed by atoms with van der Waals surface area (Å²) in [6, 6.07) is 9.86. The second-order valence-electron chi connectivity index (χ2n) is 5.00. The van der Waals surface area contributed by atoms with Crippen LogP contribution in [0.25, 0.3) is 17.0 Å². The molecule has 0 amide bonds. The third-order valence-corrected chi connectivity index (χ3v) is 3.46. The molecule has 2 heterocycles. The Morgan fingerprint density at radius 3 is 2.86 bits per heavy atom. The lowest BCUT2D eigenvalue weighted by atomic mass is 10.1. The largest absolute Gasteiger partial charge is 0.469 e. The number of hydrogen-bond donors (Lipinski definition) is 0. The van der Waals surface area contributed by atoms with Crippen LogP contribution in [0.15, 0.2) is 53.3 Å². The molecule has 0 spiro atoms. The molecule has 0 unspecified atom stereocenters. The summed E-state index contributed by atoms with van der Waals surface area (Å²) in [7, 11) is 0. The lowest BCUT2D eigenvalue weighted by molar-refractivity contribution is 0.104. The number of carbonyl (C=O) groups excluding carboxylic acids is 1. The monoisotopic (exact) mass is 277 g/mol. The number of aromatic nitrogens is 1. The van der Waals surface area contributed by atoms with Crippen molar-refractivity contribution in [1.82, 2.24) is 4.98 Å². The average molecular weight is 277 g/mol. The minimum atomic E-state index is -0.0418. The van der Waals surface area contributed by atoms with E-state index in [4.69, 9.17) is 4.42 Å². The summed E-state index contributed by atoms with van der Waals surface area (Å²) in [4.78, 5) is 16.5. The van der Waals surface area contributed by atoms with Crippen LogP contribution in [-0.4, -0.2) is 10.8 Å². The number of furan rings is 1. The van der Waals surface area contributed by atoms with Gasteiger partial charge in [0.15, 0.2) is 5.78 Å². The molecule has 1 aromatic carbocycles. The average Bonchev–Trinajstić information content (AvgIpc) is 2.84. The highest BCUT2D eigenvalue weighted by Gasteiger charge is 2.12. The molecule has 3 rings (SSSR count). The van der Waals surface area contributed by atoms with Gasteiger partial charge in [0.1, 0.15) is 5.76 Å². The van der Waals surface area contributed by atoms with E-state index < -0.39 is 0 Å². The van der Waals surface area contributed by atoms with Crippen molar-refractivity contribution in [2.24, 2.45) is 0 Å². The van der Waals surface area contributed by atoms with Gasteiger partial charge in [-0.15, -0.1) is 0 Å². The summed E-state index contributed by atoms with van der Waals surface area (Å²) in [6.45, 7) is 3.67. The van der Waals surface area contributed by atoms with Gasteiger partial charge in [-0.2, -0.15) is 0 Å². The number of aryl methyl sites for hydroxylation is 2.